The van der Waals surface area contributed by atoms with Crippen molar-refractivity contribution >= 4 is 18.2 Å². The zero-order chi connectivity index (χ0) is 18.0. The first-order valence-corrected chi connectivity index (χ1v) is 7.83. The molecule has 23 heavy (non-hydrogen) atoms. The molecule has 1 amide bonds. The van der Waals surface area contributed by atoms with Gasteiger partial charge in [0.25, 0.3) is 5.91 Å². The van der Waals surface area contributed by atoms with E-state index in [2.05, 4.69) is 32.3 Å². The third kappa shape index (κ3) is 8.33. The fourth-order valence-electron chi connectivity index (χ4n) is 2.33. The highest BCUT2D eigenvalue weighted by Gasteiger charge is 2.26. The predicted molar refractivity (Wildman–Crippen MR) is 94.3 cm³/mol. The van der Waals surface area contributed by atoms with Gasteiger partial charge < -0.3 is 9.64 Å². The predicted octanol–water partition coefficient (Wildman–Crippen LogP) is 3.22. The summed E-state index contributed by atoms with van der Waals surface area (Å²) in [6.07, 6.45) is 7.05. The Morgan fingerprint density at radius 3 is 2.39 bits per heavy atom. The first-order chi connectivity index (χ1) is 10.7. The van der Waals surface area contributed by atoms with Crippen LogP contribution in [-0.2, 0) is 14.3 Å². The Balaban J connectivity index is 5.61. The fraction of sp³-hybridized carbons (Fsp3) is 0.611. The molecule has 0 fully saturated rings. The van der Waals surface area contributed by atoms with Crippen molar-refractivity contribution in [2.45, 2.75) is 40.0 Å². The minimum absolute atomic E-state index is 0.0415. The highest BCUT2D eigenvalue weighted by atomic mass is 16.5. The highest BCUT2D eigenvalue weighted by Crippen LogP contribution is 2.30. The fourth-order valence-corrected chi connectivity index (χ4v) is 2.33. The number of ether oxygens (including phenoxy) is 1. The topological polar surface area (TPSA) is 59.0 Å². The zero-order valence-corrected chi connectivity index (χ0v) is 15.3. The average molecular weight is 322 g/mol. The van der Waals surface area contributed by atoms with Gasteiger partial charge in [-0.3, -0.25) is 9.59 Å². The SMILES string of the molecule is C=C/C(=C\C(C)(C)CCC)[C@H](CC(=O)OC)C(=O)/N=C/N(C)C. The van der Waals surface area contributed by atoms with Crippen molar-refractivity contribution in [2.24, 2.45) is 16.3 Å². The summed E-state index contributed by atoms with van der Waals surface area (Å²) in [6, 6.07) is 0. The van der Waals surface area contributed by atoms with E-state index in [9.17, 15) is 9.59 Å². The van der Waals surface area contributed by atoms with Crippen LogP contribution in [0.1, 0.15) is 40.0 Å². The molecule has 0 aliphatic carbocycles. The third-order valence-electron chi connectivity index (χ3n) is 3.40. The summed E-state index contributed by atoms with van der Waals surface area (Å²) in [6.45, 7) is 10.1. The van der Waals surface area contributed by atoms with E-state index in [0.29, 0.717) is 0 Å². The van der Waals surface area contributed by atoms with E-state index in [0.717, 1.165) is 18.4 Å². The van der Waals surface area contributed by atoms with Gasteiger partial charge in [-0.15, -0.1) is 0 Å². The quantitative estimate of drug-likeness (QED) is 0.283. The summed E-state index contributed by atoms with van der Waals surface area (Å²) in [5, 5.41) is 0. The van der Waals surface area contributed by atoms with E-state index in [-0.39, 0.29) is 17.7 Å². The lowest BCUT2D eigenvalue weighted by atomic mass is 9.82. The van der Waals surface area contributed by atoms with Crippen molar-refractivity contribution in [1.82, 2.24) is 4.90 Å². The van der Waals surface area contributed by atoms with E-state index >= 15 is 0 Å². The summed E-state index contributed by atoms with van der Waals surface area (Å²) in [7, 11) is 4.87. The van der Waals surface area contributed by atoms with E-state index in [4.69, 9.17) is 4.74 Å². The van der Waals surface area contributed by atoms with Crippen LogP contribution in [0, 0.1) is 11.3 Å². The molecule has 0 rings (SSSR count). The number of amides is 1. The first kappa shape index (κ1) is 21.1. The number of methoxy groups -OCH3 is 1. The van der Waals surface area contributed by atoms with Crippen LogP contribution < -0.4 is 0 Å². The molecular formula is C18H30N2O3. The molecule has 0 aromatic rings. The van der Waals surface area contributed by atoms with Crippen molar-refractivity contribution in [3.63, 3.8) is 0 Å². The smallest absolute Gasteiger partial charge is 0.306 e. The van der Waals surface area contributed by atoms with Crippen molar-refractivity contribution in [2.75, 3.05) is 21.2 Å². The van der Waals surface area contributed by atoms with Crippen molar-refractivity contribution in [3.8, 4) is 0 Å². The molecule has 0 aromatic carbocycles. The molecule has 0 unspecified atom stereocenters. The Morgan fingerprint density at radius 2 is 1.96 bits per heavy atom. The van der Waals surface area contributed by atoms with Crippen LogP contribution in [-0.4, -0.2) is 44.3 Å². The normalized spacial score (nSPS) is 13.7. The Morgan fingerprint density at radius 1 is 1.35 bits per heavy atom. The molecule has 0 heterocycles. The monoisotopic (exact) mass is 322 g/mol. The summed E-state index contributed by atoms with van der Waals surface area (Å²) in [4.78, 5) is 29.7. The van der Waals surface area contributed by atoms with Gasteiger partial charge in [-0.1, -0.05) is 45.9 Å². The number of carbonyl (C=O) groups excluding carboxylic acids is 2. The molecule has 0 N–H and O–H groups in total. The van der Waals surface area contributed by atoms with Crippen molar-refractivity contribution in [3.05, 3.63) is 24.3 Å². The minimum atomic E-state index is -0.674. The second kappa shape index (κ2) is 9.98. The van der Waals surface area contributed by atoms with Gasteiger partial charge in [0.05, 0.1) is 25.8 Å². The minimum Gasteiger partial charge on any atom is -0.469 e. The maximum absolute atomic E-state index is 12.4. The van der Waals surface area contributed by atoms with Gasteiger partial charge in [-0.05, 0) is 17.4 Å². The molecule has 0 aliphatic rings. The maximum atomic E-state index is 12.4. The second-order valence-electron chi connectivity index (χ2n) is 6.47. The van der Waals surface area contributed by atoms with E-state index in [1.807, 2.05) is 6.08 Å². The molecule has 5 nitrogen and oxygen atoms in total. The molecule has 5 heteroatoms. The van der Waals surface area contributed by atoms with Crippen LogP contribution >= 0.6 is 0 Å². The summed E-state index contributed by atoms with van der Waals surface area (Å²) < 4.78 is 4.71. The Hall–Kier alpha value is -1.91. The van der Waals surface area contributed by atoms with Crippen LogP contribution in [0.5, 0.6) is 0 Å². The van der Waals surface area contributed by atoms with Crippen molar-refractivity contribution < 1.29 is 14.3 Å². The summed E-state index contributed by atoms with van der Waals surface area (Å²) in [5.41, 5.74) is 0.632. The Kier molecular flexibility index (Phi) is 9.15. The maximum Gasteiger partial charge on any atom is 0.306 e. The molecule has 1 atom stereocenters. The number of esters is 1. The van der Waals surface area contributed by atoms with Gasteiger partial charge in [0, 0.05) is 14.1 Å². The molecular weight excluding hydrogens is 292 g/mol. The number of hydrogen-bond acceptors (Lipinski definition) is 3. The van der Waals surface area contributed by atoms with E-state index < -0.39 is 11.9 Å². The number of aliphatic imine (C=N–C) groups is 1. The van der Waals surface area contributed by atoms with Gasteiger partial charge in [-0.2, -0.15) is 0 Å². The summed E-state index contributed by atoms with van der Waals surface area (Å²) in [5.74, 6) is -1.49. The number of nitrogens with zero attached hydrogens (tertiary/aromatic N) is 2. The van der Waals surface area contributed by atoms with Crippen LogP contribution in [0.3, 0.4) is 0 Å². The number of allylic oxidation sites excluding steroid dienone is 2. The summed E-state index contributed by atoms with van der Waals surface area (Å²) >= 11 is 0. The second-order valence-corrected chi connectivity index (χ2v) is 6.47. The lowest BCUT2D eigenvalue weighted by Gasteiger charge is -2.23. The molecule has 0 spiro atoms. The number of rotatable bonds is 9. The standard InChI is InChI=1S/C18H30N2O3/c1-8-10-18(3,4)12-14(9-2)15(11-16(21)23-7)17(22)19-13-20(5)6/h9,12-13,15H,2,8,10-11H2,1,3-7H3/b14-12+,19-13+/t15-/m0/s1. The molecule has 0 saturated heterocycles. The van der Waals surface area contributed by atoms with Gasteiger partial charge in [0.2, 0.25) is 0 Å². The van der Waals surface area contributed by atoms with Crippen LogP contribution in [0.2, 0.25) is 0 Å². The van der Waals surface area contributed by atoms with E-state index in [1.165, 1.54) is 13.4 Å². The zero-order valence-electron chi connectivity index (χ0n) is 15.3. The number of hydrogen-bond donors (Lipinski definition) is 0. The Labute approximate surface area is 140 Å². The number of carbonyl (C=O) groups is 2. The van der Waals surface area contributed by atoms with Gasteiger partial charge in [0.15, 0.2) is 0 Å². The van der Waals surface area contributed by atoms with Crippen molar-refractivity contribution in [1.29, 1.82) is 0 Å². The van der Waals surface area contributed by atoms with Crippen LogP contribution in [0.15, 0.2) is 29.3 Å². The lowest BCUT2D eigenvalue weighted by Crippen LogP contribution is -2.22. The molecule has 0 aliphatic heterocycles. The molecule has 0 saturated carbocycles. The van der Waals surface area contributed by atoms with Gasteiger partial charge in [0.1, 0.15) is 0 Å². The van der Waals surface area contributed by atoms with Crippen LogP contribution in [0.4, 0.5) is 0 Å². The Bertz CT molecular complexity index is 477. The molecule has 0 radical (unpaired) electrons. The van der Waals surface area contributed by atoms with E-state index in [1.54, 1.807) is 25.1 Å². The first-order valence-electron chi connectivity index (χ1n) is 7.83. The highest BCUT2D eigenvalue weighted by molar-refractivity contribution is 5.91. The third-order valence-corrected chi connectivity index (χ3v) is 3.40. The molecule has 0 bridgehead atoms. The molecule has 130 valence electrons. The van der Waals surface area contributed by atoms with Crippen LogP contribution in [0.25, 0.3) is 0 Å². The van der Waals surface area contributed by atoms with Gasteiger partial charge in [-0.25, -0.2) is 4.99 Å². The van der Waals surface area contributed by atoms with Gasteiger partial charge >= 0.3 is 5.97 Å². The average Bonchev–Trinajstić information content (AvgIpc) is 2.47. The lowest BCUT2D eigenvalue weighted by molar-refractivity contribution is -0.143. The molecule has 0 aromatic heterocycles. The largest absolute Gasteiger partial charge is 0.469 e.